The van der Waals surface area contributed by atoms with Crippen LogP contribution in [0.4, 0.5) is 0 Å². The number of hydrogen-bond donors (Lipinski definition) is 3. The second-order valence-corrected chi connectivity index (χ2v) is 7.27. The number of carbonyl (C=O) groups is 1. The second-order valence-electron chi connectivity index (χ2n) is 7.27. The molecule has 2 bridgehead atoms. The number of aromatic hydroxyl groups is 1. The quantitative estimate of drug-likeness (QED) is 0.610. The van der Waals surface area contributed by atoms with E-state index in [1.807, 2.05) is 6.07 Å². The van der Waals surface area contributed by atoms with E-state index < -0.39 is 17.1 Å². The largest absolute Gasteiger partial charge is 0.504 e. The number of benzene rings is 1. The second kappa shape index (κ2) is 3.84. The van der Waals surface area contributed by atoms with Gasteiger partial charge in [-0.25, -0.2) is 0 Å². The normalized spacial score (nSPS) is 41.6. The fourth-order valence-corrected chi connectivity index (χ4v) is 5.59. The van der Waals surface area contributed by atoms with Crippen molar-refractivity contribution >= 4 is 5.78 Å². The summed E-state index contributed by atoms with van der Waals surface area (Å²) in [4.78, 5) is 12.6. The van der Waals surface area contributed by atoms with Gasteiger partial charge in [-0.2, -0.15) is 0 Å². The molecule has 0 radical (unpaired) electrons. The van der Waals surface area contributed by atoms with Crippen LogP contribution in [-0.4, -0.2) is 40.8 Å². The number of nitrogens with two attached hydrogens (primary N) is 1. The number of hydrogen-bond acceptors (Lipinski definition) is 4. The SMILES string of the molecule is O=C1CC[C@@]2(O)[C@@H]3C[NH2+]CC[C@@]24c2c(ccc(O)c2O[C@@H]14)C3. The Kier molecular flexibility index (Phi) is 2.25. The van der Waals surface area contributed by atoms with Crippen molar-refractivity contribution in [1.29, 1.82) is 0 Å². The van der Waals surface area contributed by atoms with E-state index in [4.69, 9.17) is 4.74 Å². The standard InChI is InChI=1S/C17H19NO4/c19-11-2-1-9-7-10-8-18-6-5-16-13(9)14(11)22-15(16)12(20)3-4-17(10,16)21/h1-2,10,15,18-19,21H,3-8H2/p+1/t10-,15-,16-,17+/m0/s1. The Morgan fingerprint density at radius 3 is 3.05 bits per heavy atom. The molecule has 1 spiro atoms. The zero-order chi connectivity index (χ0) is 15.1. The molecule has 2 aliphatic carbocycles. The van der Waals surface area contributed by atoms with E-state index in [-0.39, 0.29) is 17.5 Å². The van der Waals surface area contributed by atoms with Crippen molar-refractivity contribution in [2.24, 2.45) is 5.92 Å². The van der Waals surface area contributed by atoms with Gasteiger partial charge in [0.05, 0.1) is 24.1 Å². The molecule has 1 aromatic carbocycles. The van der Waals surface area contributed by atoms with E-state index in [1.165, 1.54) is 0 Å². The van der Waals surface area contributed by atoms with E-state index in [1.54, 1.807) is 6.07 Å². The highest BCUT2D eigenvalue weighted by molar-refractivity contribution is 5.89. The van der Waals surface area contributed by atoms with Gasteiger partial charge in [0.15, 0.2) is 23.4 Å². The minimum absolute atomic E-state index is 0.0637. The van der Waals surface area contributed by atoms with Crippen LogP contribution in [0.2, 0.25) is 0 Å². The number of ether oxygens (including phenoxy) is 1. The predicted octanol–water partition coefficient (Wildman–Crippen LogP) is -0.376. The minimum atomic E-state index is -0.898. The average molecular weight is 302 g/mol. The summed E-state index contributed by atoms with van der Waals surface area (Å²) in [5.74, 6) is 0.729. The topological polar surface area (TPSA) is 83.4 Å². The first kappa shape index (κ1) is 12.9. The Morgan fingerprint density at radius 2 is 2.18 bits per heavy atom. The van der Waals surface area contributed by atoms with Crippen LogP contribution < -0.4 is 10.1 Å². The van der Waals surface area contributed by atoms with Gasteiger partial charge in [0.25, 0.3) is 0 Å². The summed E-state index contributed by atoms with van der Waals surface area (Å²) in [5, 5.41) is 24.1. The maximum atomic E-state index is 12.6. The third kappa shape index (κ3) is 1.19. The van der Waals surface area contributed by atoms with Crippen molar-refractivity contribution in [3.05, 3.63) is 23.3 Å². The first-order valence-corrected chi connectivity index (χ1v) is 8.17. The van der Waals surface area contributed by atoms with Crippen LogP contribution in [0.15, 0.2) is 12.1 Å². The zero-order valence-electron chi connectivity index (χ0n) is 12.3. The van der Waals surface area contributed by atoms with Crippen molar-refractivity contribution in [1.82, 2.24) is 0 Å². The fraction of sp³-hybridized carbons (Fsp3) is 0.588. The summed E-state index contributed by atoms with van der Waals surface area (Å²) in [7, 11) is 0. The number of phenolic OH excluding ortho intramolecular Hbond substituents is 1. The Morgan fingerprint density at radius 1 is 1.32 bits per heavy atom. The van der Waals surface area contributed by atoms with Gasteiger partial charge in [-0.05, 0) is 24.5 Å². The number of quaternary nitrogens is 1. The lowest BCUT2D eigenvalue weighted by Gasteiger charge is -2.54. The number of rotatable bonds is 0. The van der Waals surface area contributed by atoms with Crippen LogP contribution in [-0.2, 0) is 16.6 Å². The molecule has 2 aliphatic heterocycles. The van der Waals surface area contributed by atoms with E-state index in [9.17, 15) is 15.0 Å². The smallest absolute Gasteiger partial charge is 0.174 e. The van der Waals surface area contributed by atoms with Crippen molar-refractivity contribution in [2.45, 2.75) is 42.8 Å². The van der Waals surface area contributed by atoms with Crippen molar-refractivity contribution in [3.8, 4) is 11.5 Å². The van der Waals surface area contributed by atoms with Crippen LogP contribution in [0.3, 0.4) is 0 Å². The molecule has 1 saturated carbocycles. The van der Waals surface area contributed by atoms with Crippen molar-refractivity contribution in [2.75, 3.05) is 13.1 Å². The van der Waals surface area contributed by atoms with Crippen LogP contribution in [0.5, 0.6) is 11.5 Å². The third-order valence-electron chi connectivity index (χ3n) is 6.51. The molecule has 0 unspecified atom stereocenters. The molecule has 0 aromatic heterocycles. The predicted molar refractivity (Wildman–Crippen MR) is 76.9 cm³/mol. The van der Waals surface area contributed by atoms with Gasteiger partial charge in [0.2, 0.25) is 0 Å². The zero-order valence-corrected chi connectivity index (χ0v) is 12.3. The highest BCUT2D eigenvalue weighted by atomic mass is 16.5. The first-order valence-electron chi connectivity index (χ1n) is 8.17. The average Bonchev–Trinajstić information content (AvgIpc) is 2.83. The number of Topliss-reactive ketones (excluding diaryl/α,β-unsaturated/α-hetero) is 1. The summed E-state index contributed by atoms with van der Waals surface area (Å²) in [5.41, 5.74) is 0.487. The molecule has 1 saturated heterocycles. The van der Waals surface area contributed by atoms with Crippen molar-refractivity contribution < 1.29 is 25.1 Å². The summed E-state index contributed by atoms with van der Waals surface area (Å²) in [6.45, 7) is 1.76. The summed E-state index contributed by atoms with van der Waals surface area (Å²) >= 11 is 0. The lowest BCUT2D eigenvalue weighted by atomic mass is 9.49. The molecule has 116 valence electrons. The lowest BCUT2D eigenvalue weighted by Crippen LogP contribution is -2.85. The Labute approximate surface area is 128 Å². The van der Waals surface area contributed by atoms with Crippen LogP contribution >= 0.6 is 0 Å². The van der Waals surface area contributed by atoms with E-state index in [0.717, 1.165) is 37.1 Å². The van der Waals surface area contributed by atoms with Crippen LogP contribution in [0, 0.1) is 5.92 Å². The Bertz CT molecular complexity index is 702. The molecule has 0 amide bonds. The summed E-state index contributed by atoms with van der Waals surface area (Å²) < 4.78 is 5.97. The molecule has 4 atom stereocenters. The molecule has 5 nitrogen and oxygen atoms in total. The monoisotopic (exact) mass is 302 g/mol. The third-order valence-corrected chi connectivity index (χ3v) is 6.51. The summed E-state index contributed by atoms with van der Waals surface area (Å²) in [6, 6.07) is 3.60. The molecule has 5 rings (SSSR count). The van der Waals surface area contributed by atoms with Crippen LogP contribution in [0.1, 0.15) is 30.4 Å². The molecule has 2 heterocycles. The van der Waals surface area contributed by atoms with Gasteiger partial charge < -0.3 is 20.3 Å². The Hall–Kier alpha value is -1.59. The molecule has 1 aromatic rings. The van der Waals surface area contributed by atoms with Gasteiger partial charge >= 0.3 is 0 Å². The number of carbonyl (C=O) groups excluding carboxylic acids is 1. The molecular formula is C17H20NO4+. The summed E-state index contributed by atoms with van der Waals surface area (Å²) in [6.07, 6.45) is 1.76. The molecule has 2 fully saturated rings. The Balaban J connectivity index is 1.88. The number of aliphatic hydroxyl groups is 1. The molecular weight excluding hydrogens is 282 g/mol. The minimum Gasteiger partial charge on any atom is -0.504 e. The molecule has 5 heteroatoms. The highest BCUT2D eigenvalue weighted by Crippen LogP contribution is 2.63. The van der Waals surface area contributed by atoms with E-state index in [0.29, 0.717) is 18.6 Å². The van der Waals surface area contributed by atoms with Crippen LogP contribution in [0.25, 0.3) is 0 Å². The van der Waals surface area contributed by atoms with E-state index in [2.05, 4.69) is 5.32 Å². The van der Waals surface area contributed by atoms with Gasteiger partial charge in [0, 0.05) is 24.3 Å². The maximum absolute atomic E-state index is 12.6. The lowest BCUT2D eigenvalue weighted by molar-refractivity contribution is -0.659. The molecule has 4 N–H and O–H groups in total. The fourth-order valence-electron chi connectivity index (χ4n) is 5.59. The van der Waals surface area contributed by atoms with Gasteiger partial charge in [-0.15, -0.1) is 0 Å². The maximum Gasteiger partial charge on any atom is 0.174 e. The molecule has 22 heavy (non-hydrogen) atoms. The molecule has 4 aliphatic rings. The highest BCUT2D eigenvalue weighted by Gasteiger charge is 2.71. The van der Waals surface area contributed by atoms with Gasteiger partial charge in [-0.3, -0.25) is 4.79 Å². The number of ketones is 1. The van der Waals surface area contributed by atoms with E-state index >= 15 is 0 Å². The number of phenols is 1. The van der Waals surface area contributed by atoms with Gasteiger partial charge in [-0.1, -0.05) is 6.07 Å². The van der Waals surface area contributed by atoms with Gasteiger partial charge in [0.1, 0.15) is 0 Å². The van der Waals surface area contributed by atoms with Crippen molar-refractivity contribution in [3.63, 3.8) is 0 Å². The first-order chi connectivity index (χ1) is 10.6.